The number of guanidine groups is 1. The summed E-state index contributed by atoms with van der Waals surface area (Å²) in [7, 11) is 0. The summed E-state index contributed by atoms with van der Waals surface area (Å²) >= 11 is 0. The zero-order valence-corrected chi connectivity index (χ0v) is 16.6. The van der Waals surface area contributed by atoms with Gasteiger partial charge in [0.05, 0.1) is 25.4 Å². The molecule has 1 saturated heterocycles. The summed E-state index contributed by atoms with van der Waals surface area (Å²) in [5.41, 5.74) is 1.50. The van der Waals surface area contributed by atoms with Crippen LogP contribution in [0.5, 0.6) is 0 Å². The summed E-state index contributed by atoms with van der Waals surface area (Å²) in [6.07, 6.45) is 2.04. The second-order valence-corrected chi connectivity index (χ2v) is 6.41. The van der Waals surface area contributed by atoms with Gasteiger partial charge in [0.15, 0.2) is 5.96 Å². The first-order valence-corrected chi connectivity index (χ1v) is 9.95. The van der Waals surface area contributed by atoms with Crippen LogP contribution in [0.4, 0.5) is 10.1 Å². The fourth-order valence-corrected chi connectivity index (χ4v) is 2.90. The Bertz CT molecular complexity index is 577. The summed E-state index contributed by atoms with van der Waals surface area (Å²) in [6, 6.07) is 5.38. The standard InChI is InChI=1S/C20H33FN4O2/c1-3-22-20(23-9-5-6-12-26-4-2)24-16-17-7-8-19(18(21)15-17)25-10-13-27-14-11-25/h7-8,15H,3-6,9-14,16H2,1-2H3,(H2,22,23,24). The van der Waals surface area contributed by atoms with Crippen molar-refractivity contribution in [3.63, 3.8) is 0 Å². The van der Waals surface area contributed by atoms with Crippen molar-refractivity contribution in [2.75, 3.05) is 57.5 Å². The lowest BCUT2D eigenvalue weighted by Crippen LogP contribution is -2.37. The van der Waals surface area contributed by atoms with Gasteiger partial charge in [0.1, 0.15) is 5.82 Å². The predicted molar refractivity (Wildman–Crippen MR) is 108 cm³/mol. The Morgan fingerprint density at radius 2 is 2.04 bits per heavy atom. The van der Waals surface area contributed by atoms with E-state index in [4.69, 9.17) is 9.47 Å². The van der Waals surface area contributed by atoms with E-state index < -0.39 is 0 Å². The van der Waals surface area contributed by atoms with Crippen LogP contribution in [0.25, 0.3) is 0 Å². The van der Waals surface area contributed by atoms with E-state index in [-0.39, 0.29) is 5.82 Å². The number of benzene rings is 1. The van der Waals surface area contributed by atoms with Crippen LogP contribution in [-0.4, -0.2) is 58.6 Å². The number of hydrogen-bond acceptors (Lipinski definition) is 4. The SMILES string of the molecule is CCNC(=NCc1ccc(N2CCOCC2)c(F)c1)NCCCCOCC. The average Bonchev–Trinajstić information content (AvgIpc) is 2.69. The number of nitrogens with zero attached hydrogens (tertiary/aromatic N) is 2. The van der Waals surface area contributed by atoms with Crippen LogP contribution in [-0.2, 0) is 16.0 Å². The van der Waals surface area contributed by atoms with E-state index in [1.165, 1.54) is 0 Å². The number of aliphatic imine (C=N–C) groups is 1. The molecular formula is C20H33FN4O2. The van der Waals surface area contributed by atoms with Crippen molar-refractivity contribution in [2.24, 2.45) is 4.99 Å². The molecule has 1 aromatic rings. The number of unbranched alkanes of at least 4 members (excludes halogenated alkanes) is 1. The molecule has 152 valence electrons. The molecule has 27 heavy (non-hydrogen) atoms. The monoisotopic (exact) mass is 380 g/mol. The summed E-state index contributed by atoms with van der Waals surface area (Å²) in [5, 5.41) is 6.54. The molecule has 1 fully saturated rings. The number of nitrogens with one attached hydrogen (secondary N) is 2. The van der Waals surface area contributed by atoms with E-state index in [1.807, 2.05) is 30.9 Å². The highest BCUT2D eigenvalue weighted by Crippen LogP contribution is 2.21. The third-order valence-corrected chi connectivity index (χ3v) is 4.34. The van der Waals surface area contributed by atoms with Gasteiger partial charge in [-0.1, -0.05) is 6.07 Å². The van der Waals surface area contributed by atoms with Crippen LogP contribution in [0.3, 0.4) is 0 Å². The van der Waals surface area contributed by atoms with E-state index in [0.29, 0.717) is 25.4 Å². The molecule has 0 spiro atoms. The quantitative estimate of drug-likeness (QED) is 0.371. The minimum atomic E-state index is -0.196. The Morgan fingerprint density at radius 1 is 1.22 bits per heavy atom. The molecule has 0 aliphatic carbocycles. The van der Waals surface area contributed by atoms with Crippen molar-refractivity contribution >= 4 is 11.6 Å². The van der Waals surface area contributed by atoms with Gasteiger partial charge in [-0.05, 0) is 44.4 Å². The van der Waals surface area contributed by atoms with Gasteiger partial charge in [-0.3, -0.25) is 0 Å². The molecule has 2 rings (SSSR count). The highest BCUT2D eigenvalue weighted by atomic mass is 19.1. The normalized spacial score (nSPS) is 15.1. The molecule has 0 saturated carbocycles. The Morgan fingerprint density at radius 3 is 2.74 bits per heavy atom. The van der Waals surface area contributed by atoms with Crippen molar-refractivity contribution < 1.29 is 13.9 Å². The van der Waals surface area contributed by atoms with Gasteiger partial charge in [-0.25, -0.2) is 9.38 Å². The second-order valence-electron chi connectivity index (χ2n) is 6.41. The molecular weight excluding hydrogens is 347 g/mol. The zero-order valence-electron chi connectivity index (χ0n) is 16.6. The lowest BCUT2D eigenvalue weighted by molar-refractivity contribution is 0.122. The fraction of sp³-hybridized carbons (Fsp3) is 0.650. The molecule has 1 aromatic carbocycles. The van der Waals surface area contributed by atoms with E-state index >= 15 is 0 Å². The number of hydrogen-bond donors (Lipinski definition) is 2. The van der Waals surface area contributed by atoms with E-state index in [2.05, 4.69) is 15.6 Å². The van der Waals surface area contributed by atoms with E-state index in [1.54, 1.807) is 6.07 Å². The molecule has 6 nitrogen and oxygen atoms in total. The van der Waals surface area contributed by atoms with Crippen molar-refractivity contribution in [1.29, 1.82) is 0 Å². The maximum absolute atomic E-state index is 14.5. The first-order valence-electron chi connectivity index (χ1n) is 9.95. The van der Waals surface area contributed by atoms with Crippen LogP contribution >= 0.6 is 0 Å². The molecule has 0 radical (unpaired) electrons. The minimum absolute atomic E-state index is 0.196. The summed E-state index contributed by atoms with van der Waals surface area (Å²) < 4.78 is 25.2. The molecule has 0 amide bonds. The molecule has 2 N–H and O–H groups in total. The van der Waals surface area contributed by atoms with Crippen molar-refractivity contribution in [3.05, 3.63) is 29.6 Å². The summed E-state index contributed by atoms with van der Waals surface area (Å²) in [4.78, 5) is 6.59. The topological polar surface area (TPSA) is 58.1 Å². The second kappa shape index (κ2) is 12.5. The number of anilines is 1. The summed E-state index contributed by atoms with van der Waals surface area (Å²) in [6.45, 7) is 10.4. The molecule has 0 aromatic heterocycles. The first kappa shape index (κ1) is 21.4. The molecule has 1 aliphatic rings. The molecule has 0 bridgehead atoms. The van der Waals surface area contributed by atoms with Gasteiger partial charge in [-0.15, -0.1) is 0 Å². The van der Waals surface area contributed by atoms with E-state index in [0.717, 1.165) is 63.8 Å². The van der Waals surface area contributed by atoms with Gasteiger partial charge in [0.2, 0.25) is 0 Å². The van der Waals surface area contributed by atoms with Gasteiger partial charge >= 0.3 is 0 Å². The smallest absolute Gasteiger partial charge is 0.191 e. The Labute approximate surface area is 162 Å². The van der Waals surface area contributed by atoms with Gasteiger partial charge in [0, 0.05) is 39.4 Å². The molecule has 0 atom stereocenters. The van der Waals surface area contributed by atoms with Crippen molar-refractivity contribution in [1.82, 2.24) is 10.6 Å². The Hall–Kier alpha value is -1.86. The Kier molecular flexibility index (Phi) is 9.94. The van der Waals surface area contributed by atoms with Crippen molar-refractivity contribution in [2.45, 2.75) is 33.2 Å². The predicted octanol–water partition coefficient (Wildman–Crippen LogP) is 2.53. The zero-order chi connectivity index (χ0) is 19.3. The van der Waals surface area contributed by atoms with Crippen LogP contribution in [0.2, 0.25) is 0 Å². The fourth-order valence-electron chi connectivity index (χ4n) is 2.90. The lowest BCUT2D eigenvalue weighted by atomic mass is 10.1. The van der Waals surface area contributed by atoms with Gasteiger partial charge < -0.3 is 25.0 Å². The van der Waals surface area contributed by atoms with Crippen LogP contribution < -0.4 is 15.5 Å². The summed E-state index contributed by atoms with van der Waals surface area (Å²) in [5.74, 6) is 0.560. The highest BCUT2D eigenvalue weighted by Gasteiger charge is 2.15. The third kappa shape index (κ3) is 7.72. The van der Waals surface area contributed by atoms with Gasteiger partial charge in [0.25, 0.3) is 0 Å². The number of morpholine rings is 1. The highest BCUT2D eigenvalue weighted by molar-refractivity contribution is 5.79. The third-order valence-electron chi connectivity index (χ3n) is 4.34. The number of ether oxygens (including phenoxy) is 2. The molecule has 0 unspecified atom stereocenters. The average molecular weight is 381 g/mol. The molecule has 1 heterocycles. The largest absolute Gasteiger partial charge is 0.382 e. The van der Waals surface area contributed by atoms with Gasteiger partial charge in [-0.2, -0.15) is 0 Å². The van der Waals surface area contributed by atoms with Crippen molar-refractivity contribution in [3.8, 4) is 0 Å². The van der Waals surface area contributed by atoms with Crippen LogP contribution in [0.1, 0.15) is 32.3 Å². The number of rotatable bonds is 10. The maximum Gasteiger partial charge on any atom is 0.191 e. The minimum Gasteiger partial charge on any atom is -0.382 e. The van der Waals surface area contributed by atoms with Crippen LogP contribution in [0.15, 0.2) is 23.2 Å². The Balaban J connectivity index is 1.85. The molecule has 1 aliphatic heterocycles. The first-order chi connectivity index (χ1) is 13.2. The number of halogens is 1. The maximum atomic E-state index is 14.5. The lowest BCUT2D eigenvalue weighted by Gasteiger charge is -2.29. The van der Waals surface area contributed by atoms with E-state index in [9.17, 15) is 4.39 Å². The van der Waals surface area contributed by atoms with Crippen LogP contribution in [0, 0.1) is 5.82 Å². The molecule has 7 heteroatoms.